The average Bonchev–Trinajstić information content (AvgIpc) is 2.68. The first-order chi connectivity index (χ1) is 13.0. The third kappa shape index (κ3) is 5.30. The molecular formula is C22H27FN2O2. The number of aryl methyl sites for hydroxylation is 1. The van der Waals surface area contributed by atoms with Crippen LogP contribution in [0, 0.1) is 5.82 Å². The quantitative estimate of drug-likeness (QED) is 0.817. The fourth-order valence-corrected chi connectivity index (χ4v) is 3.56. The number of benzene rings is 2. The molecule has 0 spiro atoms. The third-order valence-corrected chi connectivity index (χ3v) is 5.12. The van der Waals surface area contributed by atoms with E-state index in [4.69, 9.17) is 0 Å². The van der Waals surface area contributed by atoms with Crippen LogP contribution >= 0.6 is 0 Å². The number of hydrogen-bond acceptors (Lipinski definition) is 3. The number of carbonyl (C=O) groups is 1. The Bertz CT molecular complexity index is 758. The van der Waals surface area contributed by atoms with Crippen LogP contribution in [-0.2, 0) is 11.2 Å². The van der Waals surface area contributed by atoms with Crippen molar-refractivity contribution in [2.24, 2.45) is 0 Å². The summed E-state index contributed by atoms with van der Waals surface area (Å²) in [5, 5.41) is 12.7. The molecule has 1 fully saturated rings. The van der Waals surface area contributed by atoms with Gasteiger partial charge < -0.3 is 15.3 Å². The van der Waals surface area contributed by atoms with Crippen LogP contribution < -0.4 is 10.2 Å². The molecule has 1 heterocycles. The number of halogens is 1. The molecule has 27 heavy (non-hydrogen) atoms. The Hall–Kier alpha value is -2.40. The second kappa shape index (κ2) is 9.00. The lowest BCUT2D eigenvalue weighted by atomic mass is 10.0. The molecule has 144 valence electrons. The summed E-state index contributed by atoms with van der Waals surface area (Å²) in [6, 6.07) is 14.3. The number of hydrogen-bond donors (Lipinski definition) is 2. The van der Waals surface area contributed by atoms with E-state index in [0.717, 1.165) is 29.9 Å². The smallest absolute Gasteiger partial charge is 0.220 e. The van der Waals surface area contributed by atoms with E-state index >= 15 is 0 Å². The van der Waals surface area contributed by atoms with Crippen LogP contribution in [0.3, 0.4) is 0 Å². The number of nitrogens with one attached hydrogen (secondary N) is 1. The number of aliphatic hydroxyl groups is 1. The number of amides is 1. The van der Waals surface area contributed by atoms with Gasteiger partial charge in [-0.05, 0) is 49.9 Å². The van der Waals surface area contributed by atoms with Crippen LogP contribution in [-0.4, -0.2) is 30.2 Å². The lowest BCUT2D eigenvalue weighted by Gasteiger charge is -2.34. The first kappa shape index (κ1) is 19.4. The first-order valence-electron chi connectivity index (χ1n) is 9.58. The summed E-state index contributed by atoms with van der Waals surface area (Å²) in [7, 11) is 0. The van der Waals surface area contributed by atoms with Crippen molar-refractivity contribution in [1.82, 2.24) is 5.32 Å². The summed E-state index contributed by atoms with van der Waals surface area (Å²) in [5.74, 6) is -0.355. The van der Waals surface area contributed by atoms with Gasteiger partial charge in [-0.3, -0.25) is 4.79 Å². The number of piperidine rings is 1. The highest BCUT2D eigenvalue weighted by molar-refractivity contribution is 5.77. The minimum atomic E-state index is -0.309. The molecule has 1 saturated heterocycles. The van der Waals surface area contributed by atoms with Crippen LogP contribution in [0.25, 0.3) is 0 Å². The zero-order chi connectivity index (χ0) is 19.2. The second-order valence-corrected chi connectivity index (χ2v) is 7.20. The first-order valence-corrected chi connectivity index (χ1v) is 9.58. The van der Waals surface area contributed by atoms with E-state index in [9.17, 15) is 14.3 Å². The summed E-state index contributed by atoms with van der Waals surface area (Å²) in [5.41, 5.74) is 2.83. The predicted octanol–water partition coefficient (Wildman–Crippen LogP) is 3.60. The van der Waals surface area contributed by atoms with E-state index in [-0.39, 0.29) is 23.9 Å². The Kier molecular flexibility index (Phi) is 6.45. The Labute approximate surface area is 160 Å². The van der Waals surface area contributed by atoms with Crippen molar-refractivity contribution in [2.45, 2.75) is 44.8 Å². The molecule has 1 aliphatic heterocycles. The Morgan fingerprint density at radius 2 is 1.93 bits per heavy atom. The van der Waals surface area contributed by atoms with Crippen molar-refractivity contribution in [2.75, 3.05) is 18.0 Å². The van der Waals surface area contributed by atoms with Crippen molar-refractivity contribution < 1.29 is 14.3 Å². The highest BCUT2D eigenvalue weighted by Crippen LogP contribution is 2.29. The van der Waals surface area contributed by atoms with Gasteiger partial charge in [0.25, 0.3) is 0 Å². The summed E-state index contributed by atoms with van der Waals surface area (Å²) < 4.78 is 13.9. The van der Waals surface area contributed by atoms with Crippen LogP contribution in [0.2, 0.25) is 0 Å². The summed E-state index contributed by atoms with van der Waals surface area (Å²) in [6.45, 7) is 3.35. The Morgan fingerprint density at radius 1 is 1.22 bits per heavy atom. The zero-order valence-corrected chi connectivity index (χ0v) is 15.7. The molecule has 3 rings (SSSR count). The maximum absolute atomic E-state index is 13.9. The molecule has 0 aliphatic carbocycles. The van der Waals surface area contributed by atoms with Crippen molar-refractivity contribution in [3.63, 3.8) is 0 Å². The van der Waals surface area contributed by atoms with Gasteiger partial charge in [-0.1, -0.05) is 30.3 Å². The van der Waals surface area contributed by atoms with Crippen molar-refractivity contribution in [1.29, 1.82) is 0 Å². The van der Waals surface area contributed by atoms with E-state index in [0.29, 0.717) is 25.7 Å². The zero-order valence-electron chi connectivity index (χ0n) is 15.7. The molecule has 2 N–H and O–H groups in total. The van der Waals surface area contributed by atoms with Crippen LogP contribution in [0.15, 0.2) is 48.5 Å². The number of rotatable bonds is 6. The topological polar surface area (TPSA) is 52.6 Å². The molecule has 1 aliphatic rings. The molecule has 0 radical (unpaired) electrons. The molecule has 1 atom stereocenters. The van der Waals surface area contributed by atoms with E-state index in [1.165, 1.54) is 12.1 Å². The number of aliphatic hydroxyl groups excluding tert-OH is 1. The van der Waals surface area contributed by atoms with Gasteiger partial charge in [0.2, 0.25) is 5.91 Å². The lowest BCUT2D eigenvalue weighted by Crippen LogP contribution is -2.37. The molecule has 2 aromatic carbocycles. The Morgan fingerprint density at radius 3 is 2.63 bits per heavy atom. The summed E-state index contributed by atoms with van der Waals surface area (Å²) in [4.78, 5) is 14.5. The minimum Gasteiger partial charge on any atom is -0.393 e. The number of anilines is 1. The van der Waals surface area contributed by atoms with Gasteiger partial charge in [0.15, 0.2) is 0 Å². The van der Waals surface area contributed by atoms with Crippen LogP contribution in [0.5, 0.6) is 0 Å². The van der Waals surface area contributed by atoms with Gasteiger partial charge in [-0.15, -0.1) is 0 Å². The van der Waals surface area contributed by atoms with E-state index in [2.05, 4.69) is 10.2 Å². The number of carbonyl (C=O) groups excluding carboxylic acids is 1. The standard InChI is InChI=1S/C22H27FN2O2/c1-16(24-22(27)10-7-17-5-3-2-4-6-17)20-15-18(23)8-9-21(20)25-13-11-19(26)12-14-25/h2-6,8-9,15-16,19,26H,7,10-14H2,1H3,(H,24,27). The predicted molar refractivity (Wildman–Crippen MR) is 105 cm³/mol. The fraction of sp³-hybridized carbons (Fsp3) is 0.409. The highest BCUT2D eigenvalue weighted by atomic mass is 19.1. The normalized spacial score (nSPS) is 16.2. The maximum atomic E-state index is 13.9. The molecule has 1 amide bonds. The summed E-state index contributed by atoms with van der Waals surface area (Å²) in [6.07, 6.45) is 2.22. The largest absolute Gasteiger partial charge is 0.393 e. The molecule has 5 heteroatoms. The number of nitrogens with zero attached hydrogens (tertiary/aromatic N) is 1. The molecule has 2 aromatic rings. The van der Waals surface area contributed by atoms with Crippen molar-refractivity contribution in [3.8, 4) is 0 Å². The Balaban J connectivity index is 1.65. The highest BCUT2D eigenvalue weighted by Gasteiger charge is 2.22. The lowest BCUT2D eigenvalue weighted by molar-refractivity contribution is -0.121. The van der Waals surface area contributed by atoms with E-state index in [1.54, 1.807) is 6.07 Å². The van der Waals surface area contributed by atoms with E-state index in [1.807, 2.05) is 37.3 Å². The molecule has 0 bridgehead atoms. The van der Waals surface area contributed by atoms with Gasteiger partial charge in [0.1, 0.15) is 5.82 Å². The van der Waals surface area contributed by atoms with Gasteiger partial charge in [-0.25, -0.2) is 4.39 Å². The average molecular weight is 370 g/mol. The minimum absolute atomic E-state index is 0.0457. The molecular weight excluding hydrogens is 343 g/mol. The van der Waals surface area contributed by atoms with Crippen LogP contribution in [0.4, 0.5) is 10.1 Å². The monoisotopic (exact) mass is 370 g/mol. The summed E-state index contributed by atoms with van der Waals surface area (Å²) >= 11 is 0. The van der Waals surface area contributed by atoms with Gasteiger partial charge in [0.05, 0.1) is 12.1 Å². The third-order valence-electron chi connectivity index (χ3n) is 5.12. The molecule has 4 nitrogen and oxygen atoms in total. The van der Waals surface area contributed by atoms with Crippen molar-refractivity contribution >= 4 is 11.6 Å². The molecule has 0 saturated carbocycles. The maximum Gasteiger partial charge on any atom is 0.220 e. The second-order valence-electron chi connectivity index (χ2n) is 7.20. The molecule has 0 aromatic heterocycles. The molecule has 1 unspecified atom stereocenters. The fourth-order valence-electron chi connectivity index (χ4n) is 3.56. The van der Waals surface area contributed by atoms with Gasteiger partial charge >= 0.3 is 0 Å². The SMILES string of the molecule is CC(NC(=O)CCc1ccccc1)c1cc(F)ccc1N1CCC(O)CC1. The van der Waals surface area contributed by atoms with Crippen LogP contribution in [0.1, 0.15) is 43.4 Å². The van der Waals surface area contributed by atoms with Gasteiger partial charge in [-0.2, -0.15) is 0 Å². The van der Waals surface area contributed by atoms with E-state index < -0.39 is 0 Å². The van der Waals surface area contributed by atoms with Gasteiger partial charge in [0, 0.05) is 30.8 Å². The van der Waals surface area contributed by atoms with Crippen molar-refractivity contribution in [3.05, 3.63) is 65.5 Å².